The minimum atomic E-state index is -1.35. The second kappa shape index (κ2) is 9.45. The zero-order valence-corrected chi connectivity index (χ0v) is 19.5. The first kappa shape index (κ1) is 22.4. The van der Waals surface area contributed by atoms with Gasteiger partial charge in [0.25, 0.3) is 0 Å². The number of fused-ring (bicyclic) bond motifs is 2. The average molecular weight is 467 g/mol. The second-order valence-corrected chi connectivity index (χ2v) is 10.4. The Hall–Kier alpha value is -2.41. The van der Waals surface area contributed by atoms with E-state index in [2.05, 4.69) is 4.72 Å². The molecule has 0 spiro atoms. The van der Waals surface area contributed by atoms with Gasteiger partial charge in [0, 0.05) is 12.5 Å². The quantitative estimate of drug-likeness (QED) is 0.486. The van der Waals surface area contributed by atoms with E-state index < -0.39 is 11.5 Å². The van der Waals surface area contributed by atoms with Crippen LogP contribution in [-0.4, -0.2) is 21.9 Å². The highest BCUT2D eigenvalue weighted by Crippen LogP contribution is 2.43. The Balaban J connectivity index is 1.44. The SMILES string of the molecule is Cc1ccc(N[S+]([O-])N2CCCC(C3c4ccc(F)cc4CCc4cc(F)ccc43)C2)cc1. The minimum absolute atomic E-state index is 0.0258. The number of piperidine rings is 1. The third kappa shape index (κ3) is 4.79. The Labute approximate surface area is 197 Å². The van der Waals surface area contributed by atoms with Crippen LogP contribution in [0.1, 0.15) is 46.6 Å². The van der Waals surface area contributed by atoms with E-state index in [1.807, 2.05) is 47.6 Å². The summed E-state index contributed by atoms with van der Waals surface area (Å²) < 4.78 is 46.4. The van der Waals surface area contributed by atoms with Crippen LogP contribution in [0.25, 0.3) is 0 Å². The fraction of sp³-hybridized carbons (Fsp3) is 0.333. The van der Waals surface area contributed by atoms with Gasteiger partial charge in [0.2, 0.25) is 0 Å². The fourth-order valence-electron chi connectivity index (χ4n) is 5.32. The Kier molecular flexibility index (Phi) is 6.41. The van der Waals surface area contributed by atoms with Crippen LogP contribution in [0.15, 0.2) is 60.7 Å². The normalized spacial score (nSPS) is 19.9. The largest absolute Gasteiger partial charge is 0.573 e. The van der Waals surface area contributed by atoms with Crippen LogP contribution in [0.2, 0.25) is 0 Å². The van der Waals surface area contributed by atoms with Crippen molar-refractivity contribution in [1.82, 2.24) is 4.31 Å². The second-order valence-electron chi connectivity index (χ2n) is 9.17. The molecule has 33 heavy (non-hydrogen) atoms. The van der Waals surface area contributed by atoms with Gasteiger partial charge in [-0.05, 0) is 97.2 Å². The smallest absolute Gasteiger partial charge is 0.166 e. The lowest BCUT2D eigenvalue weighted by atomic mass is 9.75. The number of aryl methyl sites for hydroxylation is 3. The first-order valence-electron chi connectivity index (χ1n) is 11.5. The molecule has 2 unspecified atom stereocenters. The molecule has 1 fully saturated rings. The molecule has 3 aromatic carbocycles. The number of hydrogen-bond donors (Lipinski definition) is 1. The van der Waals surface area contributed by atoms with Gasteiger partial charge < -0.3 is 4.55 Å². The first-order valence-corrected chi connectivity index (χ1v) is 12.7. The van der Waals surface area contributed by atoms with Crippen molar-refractivity contribution in [3.8, 4) is 0 Å². The molecule has 5 rings (SSSR count). The zero-order valence-electron chi connectivity index (χ0n) is 18.7. The first-order chi connectivity index (χ1) is 16.0. The lowest BCUT2D eigenvalue weighted by Crippen LogP contribution is -2.44. The Bertz CT molecular complexity index is 1080. The van der Waals surface area contributed by atoms with Gasteiger partial charge >= 0.3 is 0 Å². The summed E-state index contributed by atoms with van der Waals surface area (Å²) >= 11 is -1.35. The van der Waals surface area contributed by atoms with Crippen molar-refractivity contribution < 1.29 is 13.3 Å². The Morgan fingerprint density at radius 2 is 1.52 bits per heavy atom. The lowest BCUT2D eigenvalue weighted by Gasteiger charge is -2.37. The Morgan fingerprint density at radius 3 is 2.12 bits per heavy atom. The Morgan fingerprint density at radius 1 is 0.909 bits per heavy atom. The van der Waals surface area contributed by atoms with Crippen LogP contribution in [0, 0.1) is 24.5 Å². The van der Waals surface area contributed by atoms with Gasteiger partial charge in [0.05, 0.1) is 12.2 Å². The van der Waals surface area contributed by atoms with Crippen molar-refractivity contribution >= 4 is 17.2 Å². The highest BCUT2D eigenvalue weighted by Gasteiger charge is 2.37. The molecule has 1 aliphatic carbocycles. The van der Waals surface area contributed by atoms with E-state index in [0.29, 0.717) is 19.4 Å². The summed E-state index contributed by atoms with van der Waals surface area (Å²) in [6.07, 6.45) is 3.29. The summed E-state index contributed by atoms with van der Waals surface area (Å²) in [7, 11) is 0. The van der Waals surface area contributed by atoms with Gasteiger partial charge in [-0.1, -0.05) is 29.8 Å². The van der Waals surface area contributed by atoms with Crippen molar-refractivity contribution in [2.24, 2.45) is 5.92 Å². The lowest BCUT2D eigenvalue weighted by molar-refractivity contribution is 0.249. The number of rotatable bonds is 4. The van der Waals surface area contributed by atoms with Crippen LogP contribution < -0.4 is 4.72 Å². The predicted octanol–water partition coefficient (Wildman–Crippen LogP) is 5.91. The van der Waals surface area contributed by atoms with Gasteiger partial charge in [0.15, 0.2) is 11.5 Å². The summed E-state index contributed by atoms with van der Waals surface area (Å²) in [5.74, 6) is -0.247. The van der Waals surface area contributed by atoms with Crippen LogP contribution in [0.3, 0.4) is 0 Å². The van der Waals surface area contributed by atoms with E-state index in [0.717, 1.165) is 52.9 Å². The molecule has 2 atom stereocenters. The average Bonchev–Trinajstić information content (AvgIpc) is 2.97. The summed E-state index contributed by atoms with van der Waals surface area (Å²) in [6, 6.07) is 18.0. The predicted molar refractivity (Wildman–Crippen MR) is 129 cm³/mol. The molecule has 2 aliphatic rings. The number of nitrogens with zero attached hydrogens (tertiary/aromatic N) is 1. The van der Waals surface area contributed by atoms with Crippen molar-refractivity contribution in [3.63, 3.8) is 0 Å². The number of hydrogen-bond acceptors (Lipinski definition) is 3. The van der Waals surface area contributed by atoms with Crippen molar-refractivity contribution in [1.29, 1.82) is 0 Å². The molecule has 3 aromatic rings. The van der Waals surface area contributed by atoms with Gasteiger partial charge in [-0.25, -0.2) is 8.78 Å². The molecule has 6 heteroatoms. The molecule has 0 aromatic heterocycles. The zero-order chi connectivity index (χ0) is 22.9. The number of benzene rings is 3. The highest BCUT2D eigenvalue weighted by molar-refractivity contribution is 7.90. The standard InChI is InChI=1S/C27H28F2N2OS/c1-18-4-10-24(11-5-18)30-33(32)31-14-2-3-21(17-31)27-25-12-8-22(28)15-19(25)6-7-20-16-23(29)9-13-26(20)27/h4-5,8-13,15-16,21,27,30H,2-3,6-7,14,17H2,1H3. The van der Waals surface area contributed by atoms with Gasteiger partial charge in [-0.2, -0.15) is 4.72 Å². The van der Waals surface area contributed by atoms with Crippen LogP contribution in [-0.2, 0) is 24.4 Å². The summed E-state index contributed by atoms with van der Waals surface area (Å²) in [6.45, 7) is 3.43. The summed E-state index contributed by atoms with van der Waals surface area (Å²) in [5, 5.41) is 0. The number of nitrogens with one attached hydrogen (secondary N) is 1. The van der Waals surface area contributed by atoms with Gasteiger partial charge in [0.1, 0.15) is 11.6 Å². The molecular formula is C27H28F2N2OS. The molecule has 1 aliphatic heterocycles. The van der Waals surface area contributed by atoms with E-state index in [1.165, 1.54) is 12.1 Å². The maximum absolute atomic E-state index is 14.1. The topological polar surface area (TPSA) is 38.3 Å². The fourth-order valence-corrected chi connectivity index (χ4v) is 6.41. The molecular weight excluding hydrogens is 438 g/mol. The number of anilines is 1. The van der Waals surface area contributed by atoms with E-state index in [4.69, 9.17) is 0 Å². The molecule has 0 saturated carbocycles. The summed E-state index contributed by atoms with van der Waals surface area (Å²) in [4.78, 5) is 0. The highest BCUT2D eigenvalue weighted by atomic mass is 32.2. The molecule has 0 amide bonds. The van der Waals surface area contributed by atoms with Crippen LogP contribution in [0.4, 0.5) is 14.5 Å². The molecule has 172 valence electrons. The molecule has 3 nitrogen and oxygen atoms in total. The molecule has 1 heterocycles. The maximum atomic E-state index is 14.1. The van der Waals surface area contributed by atoms with E-state index in [1.54, 1.807) is 12.1 Å². The van der Waals surface area contributed by atoms with E-state index in [-0.39, 0.29) is 23.5 Å². The maximum Gasteiger partial charge on any atom is 0.166 e. The third-order valence-corrected chi connectivity index (χ3v) is 8.14. The monoisotopic (exact) mass is 466 g/mol. The molecule has 0 radical (unpaired) electrons. The van der Waals surface area contributed by atoms with Crippen molar-refractivity contribution in [3.05, 3.63) is 100 Å². The van der Waals surface area contributed by atoms with E-state index in [9.17, 15) is 13.3 Å². The minimum Gasteiger partial charge on any atom is -0.573 e. The summed E-state index contributed by atoms with van der Waals surface area (Å²) in [5.41, 5.74) is 6.21. The van der Waals surface area contributed by atoms with Crippen molar-refractivity contribution in [2.45, 2.75) is 38.5 Å². The van der Waals surface area contributed by atoms with Crippen LogP contribution in [0.5, 0.6) is 0 Å². The number of halogens is 2. The van der Waals surface area contributed by atoms with Crippen molar-refractivity contribution in [2.75, 3.05) is 17.8 Å². The van der Waals surface area contributed by atoms with Gasteiger partial charge in [-0.3, -0.25) is 0 Å². The third-order valence-electron chi connectivity index (χ3n) is 6.93. The van der Waals surface area contributed by atoms with Crippen LogP contribution >= 0.6 is 0 Å². The molecule has 1 saturated heterocycles. The molecule has 1 N–H and O–H groups in total. The van der Waals surface area contributed by atoms with Gasteiger partial charge in [-0.15, -0.1) is 4.31 Å². The molecule has 0 bridgehead atoms. The van der Waals surface area contributed by atoms with E-state index >= 15 is 0 Å².